The summed E-state index contributed by atoms with van der Waals surface area (Å²) in [5, 5.41) is 3.35. The summed E-state index contributed by atoms with van der Waals surface area (Å²) in [7, 11) is 3.59. The Bertz CT molecular complexity index is 201. The molecule has 1 fully saturated rings. The van der Waals surface area contributed by atoms with Gasteiger partial charge in [0.1, 0.15) is 0 Å². The molecule has 1 amide bonds. The maximum atomic E-state index is 11.3. The predicted octanol–water partition coefficient (Wildman–Crippen LogP) is 1.01. The van der Waals surface area contributed by atoms with Gasteiger partial charge in [-0.3, -0.25) is 4.79 Å². The SMILES string of the molecule is CN(C)C(=O)CCCNCC1CCCCO1. The predicted molar refractivity (Wildman–Crippen MR) is 64.4 cm³/mol. The second kappa shape index (κ2) is 7.63. The van der Waals surface area contributed by atoms with Crippen molar-refractivity contribution in [3.8, 4) is 0 Å². The van der Waals surface area contributed by atoms with E-state index in [2.05, 4.69) is 5.32 Å². The Hall–Kier alpha value is -0.610. The van der Waals surface area contributed by atoms with E-state index >= 15 is 0 Å². The van der Waals surface area contributed by atoms with Crippen LogP contribution in [-0.2, 0) is 9.53 Å². The number of nitrogens with one attached hydrogen (secondary N) is 1. The van der Waals surface area contributed by atoms with Gasteiger partial charge in [-0.2, -0.15) is 0 Å². The number of carbonyl (C=O) groups excluding carboxylic acids is 1. The highest BCUT2D eigenvalue weighted by molar-refractivity contribution is 5.75. The third-order valence-corrected chi connectivity index (χ3v) is 2.89. The van der Waals surface area contributed by atoms with Crippen molar-refractivity contribution in [1.82, 2.24) is 10.2 Å². The molecule has 94 valence electrons. The van der Waals surface area contributed by atoms with Gasteiger partial charge in [0, 0.05) is 33.7 Å². The number of hydrogen-bond acceptors (Lipinski definition) is 3. The van der Waals surface area contributed by atoms with Crippen LogP contribution in [-0.4, -0.2) is 50.7 Å². The minimum atomic E-state index is 0.204. The molecular formula is C12H24N2O2. The van der Waals surface area contributed by atoms with Crippen molar-refractivity contribution in [2.24, 2.45) is 0 Å². The third kappa shape index (κ3) is 5.47. The van der Waals surface area contributed by atoms with Crippen LogP contribution in [0.4, 0.5) is 0 Å². The molecule has 0 bridgehead atoms. The largest absolute Gasteiger partial charge is 0.377 e. The van der Waals surface area contributed by atoms with Crippen LogP contribution in [0.3, 0.4) is 0 Å². The number of rotatable bonds is 6. The highest BCUT2D eigenvalue weighted by atomic mass is 16.5. The van der Waals surface area contributed by atoms with E-state index in [0.29, 0.717) is 12.5 Å². The van der Waals surface area contributed by atoms with Crippen LogP contribution in [0, 0.1) is 0 Å². The fraction of sp³-hybridized carbons (Fsp3) is 0.917. The van der Waals surface area contributed by atoms with Crippen LogP contribution in [0.1, 0.15) is 32.1 Å². The summed E-state index contributed by atoms with van der Waals surface area (Å²) in [6, 6.07) is 0. The number of ether oxygens (including phenoxy) is 1. The highest BCUT2D eigenvalue weighted by Gasteiger charge is 2.12. The van der Waals surface area contributed by atoms with E-state index in [1.54, 1.807) is 19.0 Å². The lowest BCUT2D eigenvalue weighted by atomic mass is 10.1. The van der Waals surface area contributed by atoms with Crippen molar-refractivity contribution in [1.29, 1.82) is 0 Å². The van der Waals surface area contributed by atoms with Gasteiger partial charge in [0.15, 0.2) is 0 Å². The zero-order valence-electron chi connectivity index (χ0n) is 10.5. The molecule has 0 aliphatic carbocycles. The molecule has 0 saturated carbocycles. The minimum Gasteiger partial charge on any atom is -0.377 e. The monoisotopic (exact) mass is 228 g/mol. The molecule has 1 atom stereocenters. The van der Waals surface area contributed by atoms with Gasteiger partial charge >= 0.3 is 0 Å². The van der Waals surface area contributed by atoms with Gasteiger partial charge in [-0.1, -0.05) is 0 Å². The van der Waals surface area contributed by atoms with E-state index in [1.807, 2.05) is 0 Å². The molecule has 1 unspecified atom stereocenters. The topological polar surface area (TPSA) is 41.6 Å². The zero-order valence-corrected chi connectivity index (χ0v) is 10.5. The van der Waals surface area contributed by atoms with Crippen molar-refractivity contribution >= 4 is 5.91 Å². The molecule has 1 heterocycles. The Balaban J connectivity index is 1.93. The van der Waals surface area contributed by atoms with Crippen LogP contribution in [0.5, 0.6) is 0 Å². The number of carbonyl (C=O) groups is 1. The molecule has 1 aliphatic heterocycles. The maximum absolute atomic E-state index is 11.3. The summed E-state index contributed by atoms with van der Waals surface area (Å²) in [5.41, 5.74) is 0. The molecule has 1 rings (SSSR count). The molecule has 1 aliphatic rings. The van der Waals surface area contributed by atoms with E-state index in [4.69, 9.17) is 4.74 Å². The summed E-state index contributed by atoms with van der Waals surface area (Å²) < 4.78 is 5.61. The quantitative estimate of drug-likeness (QED) is 0.690. The van der Waals surface area contributed by atoms with E-state index < -0.39 is 0 Å². The lowest BCUT2D eigenvalue weighted by Crippen LogP contribution is -2.32. The zero-order chi connectivity index (χ0) is 11.8. The van der Waals surface area contributed by atoms with Crippen molar-refractivity contribution in [2.45, 2.75) is 38.2 Å². The molecule has 0 aromatic heterocycles. The Morgan fingerprint density at radius 1 is 1.44 bits per heavy atom. The van der Waals surface area contributed by atoms with E-state index in [9.17, 15) is 4.79 Å². The Morgan fingerprint density at radius 2 is 2.25 bits per heavy atom. The molecule has 0 radical (unpaired) electrons. The fourth-order valence-corrected chi connectivity index (χ4v) is 1.82. The lowest BCUT2D eigenvalue weighted by Gasteiger charge is -2.22. The van der Waals surface area contributed by atoms with E-state index in [0.717, 1.165) is 26.1 Å². The highest BCUT2D eigenvalue weighted by Crippen LogP contribution is 2.11. The first-order valence-corrected chi connectivity index (χ1v) is 6.22. The second-order valence-electron chi connectivity index (χ2n) is 4.58. The van der Waals surface area contributed by atoms with Crippen molar-refractivity contribution in [2.75, 3.05) is 33.8 Å². The van der Waals surface area contributed by atoms with Gasteiger partial charge < -0.3 is 15.0 Å². The summed E-state index contributed by atoms with van der Waals surface area (Å²) in [6.45, 7) is 2.74. The molecule has 16 heavy (non-hydrogen) atoms. The standard InChI is InChI=1S/C12H24N2O2/c1-14(2)12(15)7-5-8-13-10-11-6-3-4-9-16-11/h11,13H,3-10H2,1-2H3. The average Bonchev–Trinajstić information content (AvgIpc) is 2.29. The second-order valence-corrected chi connectivity index (χ2v) is 4.58. The van der Waals surface area contributed by atoms with Crippen molar-refractivity contribution < 1.29 is 9.53 Å². The van der Waals surface area contributed by atoms with Crippen LogP contribution < -0.4 is 5.32 Å². The smallest absolute Gasteiger partial charge is 0.222 e. The van der Waals surface area contributed by atoms with Crippen LogP contribution in [0.2, 0.25) is 0 Å². The Morgan fingerprint density at radius 3 is 2.88 bits per heavy atom. The first-order chi connectivity index (χ1) is 7.70. The van der Waals surface area contributed by atoms with Gasteiger partial charge in [-0.05, 0) is 32.2 Å². The van der Waals surface area contributed by atoms with E-state index in [1.165, 1.54) is 19.3 Å². The summed E-state index contributed by atoms with van der Waals surface area (Å²) in [5.74, 6) is 0.204. The molecule has 0 spiro atoms. The first-order valence-electron chi connectivity index (χ1n) is 6.22. The van der Waals surface area contributed by atoms with Crippen LogP contribution in [0.15, 0.2) is 0 Å². The Labute approximate surface area is 98.3 Å². The lowest BCUT2D eigenvalue weighted by molar-refractivity contribution is -0.128. The third-order valence-electron chi connectivity index (χ3n) is 2.89. The van der Waals surface area contributed by atoms with Gasteiger partial charge in [0.2, 0.25) is 5.91 Å². The summed E-state index contributed by atoms with van der Waals surface area (Å²) >= 11 is 0. The van der Waals surface area contributed by atoms with Gasteiger partial charge in [-0.25, -0.2) is 0 Å². The fourth-order valence-electron chi connectivity index (χ4n) is 1.82. The number of hydrogen-bond donors (Lipinski definition) is 1. The van der Waals surface area contributed by atoms with Gasteiger partial charge in [-0.15, -0.1) is 0 Å². The number of amides is 1. The normalized spacial score (nSPS) is 20.8. The molecule has 0 aromatic carbocycles. The molecule has 1 saturated heterocycles. The summed E-state index contributed by atoms with van der Waals surface area (Å²) in [6.07, 6.45) is 5.58. The van der Waals surface area contributed by atoms with Crippen molar-refractivity contribution in [3.63, 3.8) is 0 Å². The average molecular weight is 228 g/mol. The minimum absolute atomic E-state index is 0.204. The maximum Gasteiger partial charge on any atom is 0.222 e. The molecule has 4 nitrogen and oxygen atoms in total. The van der Waals surface area contributed by atoms with Crippen molar-refractivity contribution in [3.05, 3.63) is 0 Å². The van der Waals surface area contributed by atoms with Gasteiger partial charge in [0.25, 0.3) is 0 Å². The van der Waals surface area contributed by atoms with E-state index in [-0.39, 0.29) is 5.91 Å². The Kier molecular flexibility index (Phi) is 6.42. The first kappa shape index (κ1) is 13.5. The number of nitrogens with zero attached hydrogens (tertiary/aromatic N) is 1. The molecule has 4 heteroatoms. The van der Waals surface area contributed by atoms with Gasteiger partial charge in [0.05, 0.1) is 6.10 Å². The molecule has 1 N–H and O–H groups in total. The summed E-state index contributed by atoms with van der Waals surface area (Å²) in [4.78, 5) is 12.9. The molecule has 0 aromatic rings. The molecular weight excluding hydrogens is 204 g/mol. The van der Waals surface area contributed by atoms with Crippen LogP contribution in [0.25, 0.3) is 0 Å². The van der Waals surface area contributed by atoms with Crippen LogP contribution >= 0.6 is 0 Å².